The van der Waals surface area contributed by atoms with E-state index in [9.17, 15) is 5.26 Å². The van der Waals surface area contributed by atoms with Crippen molar-refractivity contribution in [1.29, 1.82) is 5.26 Å². The molecule has 2 nitrogen and oxygen atoms in total. The second-order valence-corrected chi connectivity index (χ2v) is 5.46. The molecule has 0 spiro atoms. The molecule has 0 bridgehead atoms. The van der Waals surface area contributed by atoms with E-state index in [0.29, 0.717) is 17.2 Å². The summed E-state index contributed by atoms with van der Waals surface area (Å²) in [5, 5.41) is 9.92. The molecule has 0 N–H and O–H groups in total. The summed E-state index contributed by atoms with van der Waals surface area (Å²) in [6.45, 7) is 4.31. The molecule has 0 aliphatic rings. The Kier molecular flexibility index (Phi) is 4.81. The SMILES string of the molecule is CC(C)c1ccc(Oc2ccc(CBr)cc2C#N)cc1. The van der Waals surface area contributed by atoms with Crippen molar-refractivity contribution in [3.63, 3.8) is 0 Å². The fourth-order valence-corrected chi connectivity index (χ4v) is 2.23. The zero-order valence-corrected chi connectivity index (χ0v) is 13.1. The third-order valence-corrected chi connectivity index (χ3v) is 3.74. The number of ether oxygens (including phenoxy) is 1. The lowest BCUT2D eigenvalue weighted by Gasteiger charge is -2.10. The van der Waals surface area contributed by atoms with E-state index >= 15 is 0 Å². The highest BCUT2D eigenvalue weighted by molar-refractivity contribution is 9.08. The maximum Gasteiger partial charge on any atom is 0.145 e. The lowest BCUT2D eigenvalue weighted by Crippen LogP contribution is -1.91. The summed E-state index contributed by atoms with van der Waals surface area (Å²) in [5.74, 6) is 1.84. The Labute approximate surface area is 128 Å². The number of halogens is 1. The first-order valence-corrected chi connectivity index (χ1v) is 7.63. The number of hydrogen-bond donors (Lipinski definition) is 0. The summed E-state index contributed by atoms with van der Waals surface area (Å²) in [6, 6.07) is 15.8. The normalized spacial score (nSPS) is 10.3. The van der Waals surface area contributed by atoms with Crippen LogP contribution in [-0.2, 0) is 5.33 Å². The zero-order chi connectivity index (χ0) is 14.5. The molecule has 2 aromatic carbocycles. The zero-order valence-electron chi connectivity index (χ0n) is 11.6. The van der Waals surface area contributed by atoms with Crippen molar-refractivity contribution < 1.29 is 4.74 Å². The first-order valence-electron chi connectivity index (χ1n) is 6.51. The molecule has 0 heterocycles. The van der Waals surface area contributed by atoms with Crippen LogP contribution >= 0.6 is 15.9 Å². The average molecular weight is 330 g/mol. The molecule has 0 aromatic heterocycles. The van der Waals surface area contributed by atoms with Gasteiger partial charge in [-0.1, -0.05) is 48.0 Å². The van der Waals surface area contributed by atoms with E-state index in [2.05, 4.69) is 48.0 Å². The fourth-order valence-electron chi connectivity index (χ4n) is 1.88. The molecule has 0 saturated heterocycles. The van der Waals surface area contributed by atoms with Crippen molar-refractivity contribution in [2.24, 2.45) is 0 Å². The molecule has 0 atom stereocenters. The van der Waals surface area contributed by atoms with E-state index in [1.165, 1.54) is 5.56 Å². The van der Waals surface area contributed by atoms with Crippen LogP contribution in [0.3, 0.4) is 0 Å². The van der Waals surface area contributed by atoms with Gasteiger partial charge in [-0.3, -0.25) is 0 Å². The van der Waals surface area contributed by atoms with E-state index in [-0.39, 0.29) is 0 Å². The molecule has 3 heteroatoms. The van der Waals surface area contributed by atoms with Crippen LogP contribution in [0, 0.1) is 11.3 Å². The molecule has 20 heavy (non-hydrogen) atoms. The minimum atomic E-state index is 0.497. The molecular weight excluding hydrogens is 314 g/mol. The topological polar surface area (TPSA) is 33.0 Å². The highest BCUT2D eigenvalue weighted by atomic mass is 79.9. The van der Waals surface area contributed by atoms with Gasteiger partial charge in [0.1, 0.15) is 17.6 Å². The van der Waals surface area contributed by atoms with Gasteiger partial charge in [0.05, 0.1) is 5.56 Å². The molecule has 2 aromatic rings. The maximum absolute atomic E-state index is 9.19. The van der Waals surface area contributed by atoms with E-state index in [1.807, 2.05) is 30.3 Å². The van der Waals surface area contributed by atoms with Gasteiger partial charge in [0, 0.05) is 5.33 Å². The van der Waals surface area contributed by atoms with Gasteiger partial charge in [0.25, 0.3) is 0 Å². The van der Waals surface area contributed by atoms with Gasteiger partial charge < -0.3 is 4.74 Å². The predicted octanol–water partition coefficient (Wildman–Crippen LogP) is 5.37. The van der Waals surface area contributed by atoms with E-state index in [0.717, 1.165) is 16.6 Å². The number of hydrogen-bond acceptors (Lipinski definition) is 2. The second kappa shape index (κ2) is 6.58. The van der Waals surface area contributed by atoms with Gasteiger partial charge in [-0.15, -0.1) is 0 Å². The van der Waals surface area contributed by atoms with Crippen molar-refractivity contribution in [3.05, 3.63) is 59.2 Å². The van der Waals surface area contributed by atoms with Crippen LogP contribution in [0.25, 0.3) is 0 Å². The average Bonchev–Trinajstić information content (AvgIpc) is 2.48. The molecule has 0 unspecified atom stereocenters. The van der Waals surface area contributed by atoms with Gasteiger partial charge in [0.15, 0.2) is 0 Å². The van der Waals surface area contributed by atoms with Crippen LogP contribution in [-0.4, -0.2) is 0 Å². The molecule has 0 aliphatic heterocycles. The standard InChI is InChI=1S/C17H16BrNO/c1-12(2)14-4-6-16(7-5-14)20-17-8-3-13(10-18)9-15(17)11-19/h3-9,12H,10H2,1-2H3. The summed E-state index contributed by atoms with van der Waals surface area (Å²) in [4.78, 5) is 0. The quantitative estimate of drug-likeness (QED) is 0.706. The number of rotatable bonds is 4. The molecular formula is C17H16BrNO. The molecule has 0 amide bonds. The highest BCUT2D eigenvalue weighted by Gasteiger charge is 2.06. The van der Waals surface area contributed by atoms with Crippen molar-refractivity contribution in [2.75, 3.05) is 0 Å². The minimum absolute atomic E-state index is 0.497. The third kappa shape index (κ3) is 3.40. The van der Waals surface area contributed by atoms with Crippen LogP contribution in [0.4, 0.5) is 0 Å². The molecule has 0 fully saturated rings. The summed E-state index contributed by atoms with van der Waals surface area (Å²) < 4.78 is 5.80. The van der Waals surface area contributed by atoms with Gasteiger partial charge in [-0.25, -0.2) is 0 Å². The van der Waals surface area contributed by atoms with Crippen molar-refractivity contribution in [2.45, 2.75) is 25.1 Å². The first-order chi connectivity index (χ1) is 9.63. The van der Waals surface area contributed by atoms with Crippen LogP contribution < -0.4 is 4.74 Å². The Hall–Kier alpha value is -1.79. The smallest absolute Gasteiger partial charge is 0.145 e. The van der Waals surface area contributed by atoms with Crippen molar-refractivity contribution in [3.8, 4) is 17.6 Å². The summed E-state index contributed by atoms with van der Waals surface area (Å²) in [6.07, 6.45) is 0. The van der Waals surface area contributed by atoms with Crippen LogP contribution in [0.2, 0.25) is 0 Å². The Morgan fingerprint density at radius 1 is 1.15 bits per heavy atom. The number of benzene rings is 2. The molecule has 102 valence electrons. The van der Waals surface area contributed by atoms with Crippen molar-refractivity contribution >= 4 is 15.9 Å². The third-order valence-electron chi connectivity index (χ3n) is 3.09. The summed E-state index contributed by atoms with van der Waals surface area (Å²) >= 11 is 3.38. The molecule has 2 rings (SSSR count). The molecule has 0 aliphatic carbocycles. The molecule has 0 saturated carbocycles. The van der Waals surface area contributed by atoms with Crippen LogP contribution in [0.1, 0.15) is 36.5 Å². The highest BCUT2D eigenvalue weighted by Crippen LogP contribution is 2.27. The van der Waals surface area contributed by atoms with Gasteiger partial charge in [0.2, 0.25) is 0 Å². The van der Waals surface area contributed by atoms with E-state index in [1.54, 1.807) is 0 Å². The van der Waals surface area contributed by atoms with Crippen molar-refractivity contribution in [1.82, 2.24) is 0 Å². The van der Waals surface area contributed by atoms with Gasteiger partial charge >= 0.3 is 0 Å². The predicted molar refractivity (Wildman–Crippen MR) is 84.4 cm³/mol. The number of nitriles is 1. The maximum atomic E-state index is 9.19. The van der Waals surface area contributed by atoms with Gasteiger partial charge in [-0.05, 0) is 41.3 Å². The van der Waals surface area contributed by atoms with Crippen LogP contribution in [0.15, 0.2) is 42.5 Å². The Balaban J connectivity index is 2.23. The summed E-state index contributed by atoms with van der Waals surface area (Å²) in [5.41, 5.74) is 2.88. The largest absolute Gasteiger partial charge is 0.456 e. The van der Waals surface area contributed by atoms with Crippen LogP contribution in [0.5, 0.6) is 11.5 Å². The first kappa shape index (κ1) is 14.6. The van der Waals surface area contributed by atoms with E-state index < -0.39 is 0 Å². The second-order valence-electron chi connectivity index (χ2n) is 4.90. The number of alkyl halides is 1. The van der Waals surface area contributed by atoms with Gasteiger partial charge in [-0.2, -0.15) is 5.26 Å². The molecule has 0 radical (unpaired) electrons. The van der Waals surface area contributed by atoms with E-state index in [4.69, 9.17) is 4.74 Å². The minimum Gasteiger partial charge on any atom is -0.456 e. The Morgan fingerprint density at radius 2 is 1.85 bits per heavy atom. The number of nitrogens with zero attached hydrogens (tertiary/aromatic N) is 1. The summed E-state index contributed by atoms with van der Waals surface area (Å²) in [7, 11) is 0. The lowest BCUT2D eigenvalue weighted by atomic mass is 10.0. The lowest BCUT2D eigenvalue weighted by molar-refractivity contribution is 0.480. The fraction of sp³-hybridized carbons (Fsp3) is 0.235. The Bertz CT molecular complexity index is 626. The monoisotopic (exact) mass is 329 g/mol. The Morgan fingerprint density at radius 3 is 2.40 bits per heavy atom.